The number of ether oxygens (including phenoxy) is 1. The third-order valence-corrected chi connectivity index (χ3v) is 5.37. The lowest BCUT2D eigenvalue weighted by atomic mass is 9.78. The molecular formula is C15H27N3OS. The number of rotatable bonds is 7. The molecule has 2 rings (SSSR count). The fraction of sp³-hybridized carbons (Fsp3) is 0.800. The highest BCUT2D eigenvalue weighted by atomic mass is 32.1. The summed E-state index contributed by atoms with van der Waals surface area (Å²) in [6.45, 7) is 9.48. The molecule has 0 saturated carbocycles. The van der Waals surface area contributed by atoms with Crippen molar-refractivity contribution in [1.29, 1.82) is 0 Å². The van der Waals surface area contributed by atoms with E-state index in [2.05, 4.69) is 29.4 Å². The van der Waals surface area contributed by atoms with Crippen LogP contribution in [0.25, 0.3) is 0 Å². The van der Waals surface area contributed by atoms with Crippen molar-refractivity contribution in [1.82, 2.24) is 10.3 Å². The fourth-order valence-corrected chi connectivity index (χ4v) is 3.38. The van der Waals surface area contributed by atoms with Crippen LogP contribution in [0.4, 0.5) is 5.13 Å². The van der Waals surface area contributed by atoms with E-state index >= 15 is 0 Å². The number of nitrogens with zero attached hydrogens (tertiary/aromatic N) is 2. The minimum atomic E-state index is 0.540. The average molecular weight is 297 g/mol. The van der Waals surface area contributed by atoms with Gasteiger partial charge in [0.2, 0.25) is 0 Å². The van der Waals surface area contributed by atoms with E-state index in [-0.39, 0.29) is 0 Å². The molecule has 1 aromatic heterocycles. The van der Waals surface area contributed by atoms with Gasteiger partial charge in [-0.15, -0.1) is 11.3 Å². The highest BCUT2D eigenvalue weighted by Crippen LogP contribution is 2.36. The number of anilines is 1. The lowest BCUT2D eigenvalue weighted by molar-refractivity contribution is 0.199. The van der Waals surface area contributed by atoms with Crippen molar-refractivity contribution < 1.29 is 4.74 Å². The molecule has 0 radical (unpaired) electrons. The minimum Gasteiger partial charge on any atom is -0.383 e. The Labute approximate surface area is 126 Å². The van der Waals surface area contributed by atoms with Crippen LogP contribution in [0.15, 0.2) is 5.38 Å². The molecule has 1 saturated heterocycles. The quantitative estimate of drug-likeness (QED) is 0.785. The molecular weight excluding hydrogens is 270 g/mol. The zero-order valence-corrected chi connectivity index (χ0v) is 13.8. The molecule has 0 bridgehead atoms. The SMILES string of the molecule is CCC1(C)CCN(c2nc(CNCCOC)cs2)CC1. The van der Waals surface area contributed by atoms with Crippen LogP contribution in [0.1, 0.15) is 38.8 Å². The molecule has 0 atom stereocenters. The highest BCUT2D eigenvalue weighted by Gasteiger charge is 2.29. The molecule has 0 amide bonds. The van der Waals surface area contributed by atoms with Crippen molar-refractivity contribution in [3.8, 4) is 0 Å². The molecule has 0 unspecified atom stereocenters. The topological polar surface area (TPSA) is 37.4 Å². The van der Waals surface area contributed by atoms with E-state index in [1.807, 2.05) is 0 Å². The molecule has 1 fully saturated rings. The van der Waals surface area contributed by atoms with Gasteiger partial charge in [-0.3, -0.25) is 0 Å². The van der Waals surface area contributed by atoms with E-state index in [0.29, 0.717) is 5.41 Å². The van der Waals surface area contributed by atoms with Crippen LogP contribution in [0.5, 0.6) is 0 Å². The lowest BCUT2D eigenvalue weighted by Gasteiger charge is -2.38. The highest BCUT2D eigenvalue weighted by molar-refractivity contribution is 7.13. The molecule has 0 aliphatic carbocycles. The molecule has 1 aromatic rings. The van der Waals surface area contributed by atoms with Gasteiger partial charge in [0.05, 0.1) is 12.3 Å². The van der Waals surface area contributed by atoms with Crippen LogP contribution in [-0.2, 0) is 11.3 Å². The van der Waals surface area contributed by atoms with E-state index in [9.17, 15) is 0 Å². The summed E-state index contributed by atoms with van der Waals surface area (Å²) in [5.74, 6) is 0. The first-order chi connectivity index (χ1) is 9.67. The third-order valence-electron chi connectivity index (χ3n) is 4.42. The van der Waals surface area contributed by atoms with E-state index in [1.165, 1.54) is 24.4 Å². The molecule has 1 N–H and O–H groups in total. The van der Waals surface area contributed by atoms with Crippen molar-refractivity contribution in [2.24, 2.45) is 5.41 Å². The molecule has 4 nitrogen and oxygen atoms in total. The van der Waals surface area contributed by atoms with E-state index in [1.54, 1.807) is 18.4 Å². The molecule has 114 valence electrons. The van der Waals surface area contributed by atoms with E-state index in [4.69, 9.17) is 9.72 Å². The summed E-state index contributed by atoms with van der Waals surface area (Å²) in [6.07, 6.45) is 3.85. The minimum absolute atomic E-state index is 0.540. The van der Waals surface area contributed by atoms with Crippen LogP contribution in [0, 0.1) is 5.41 Å². The molecule has 0 spiro atoms. The first-order valence-electron chi connectivity index (χ1n) is 7.56. The Balaban J connectivity index is 1.81. The number of hydrogen-bond acceptors (Lipinski definition) is 5. The number of piperidine rings is 1. The van der Waals surface area contributed by atoms with Gasteiger partial charge < -0.3 is 15.0 Å². The Morgan fingerprint density at radius 1 is 1.45 bits per heavy atom. The summed E-state index contributed by atoms with van der Waals surface area (Å²) < 4.78 is 5.02. The zero-order valence-electron chi connectivity index (χ0n) is 12.9. The van der Waals surface area contributed by atoms with Gasteiger partial charge in [-0.2, -0.15) is 0 Å². The van der Waals surface area contributed by atoms with Gasteiger partial charge >= 0.3 is 0 Å². The van der Waals surface area contributed by atoms with Gasteiger partial charge in [0.1, 0.15) is 0 Å². The standard InChI is InChI=1S/C15H27N3OS/c1-4-15(2)5-8-18(9-6-15)14-17-13(12-20-14)11-16-7-10-19-3/h12,16H,4-11H2,1-3H3. The molecule has 5 heteroatoms. The molecule has 20 heavy (non-hydrogen) atoms. The predicted octanol–water partition coefficient (Wildman–Crippen LogP) is 2.90. The zero-order chi connectivity index (χ0) is 14.4. The Morgan fingerprint density at radius 3 is 2.85 bits per heavy atom. The Morgan fingerprint density at radius 2 is 2.20 bits per heavy atom. The summed E-state index contributed by atoms with van der Waals surface area (Å²) in [6, 6.07) is 0. The van der Waals surface area contributed by atoms with Gasteiger partial charge in [0, 0.05) is 38.7 Å². The Kier molecular flexibility index (Phi) is 5.81. The van der Waals surface area contributed by atoms with Crippen LogP contribution in [0.3, 0.4) is 0 Å². The van der Waals surface area contributed by atoms with Gasteiger partial charge in [0.25, 0.3) is 0 Å². The third kappa shape index (κ3) is 4.17. The van der Waals surface area contributed by atoms with Gasteiger partial charge in [-0.25, -0.2) is 4.98 Å². The van der Waals surface area contributed by atoms with Crippen molar-refractivity contribution >= 4 is 16.5 Å². The average Bonchev–Trinajstić information content (AvgIpc) is 2.93. The normalized spacial score (nSPS) is 18.4. The number of thiazole rings is 1. The Bertz CT molecular complexity index is 400. The summed E-state index contributed by atoms with van der Waals surface area (Å²) >= 11 is 1.77. The maximum Gasteiger partial charge on any atom is 0.185 e. The monoisotopic (exact) mass is 297 g/mol. The van der Waals surface area contributed by atoms with Gasteiger partial charge in [0.15, 0.2) is 5.13 Å². The fourth-order valence-electron chi connectivity index (χ4n) is 2.50. The van der Waals surface area contributed by atoms with Crippen molar-refractivity contribution in [3.63, 3.8) is 0 Å². The van der Waals surface area contributed by atoms with Crippen LogP contribution in [0.2, 0.25) is 0 Å². The largest absolute Gasteiger partial charge is 0.383 e. The maximum absolute atomic E-state index is 5.02. The molecule has 1 aliphatic rings. The predicted molar refractivity (Wildman–Crippen MR) is 85.5 cm³/mol. The van der Waals surface area contributed by atoms with Gasteiger partial charge in [-0.1, -0.05) is 20.3 Å². The maximum atomic E-state index is 5.02. The first-order valence-corrected chi connectivity index (χ1v) is 8.44. The van der Waals surface area contributed by atoms with Crippen LogP contribution < -0.4 is 10.2 Å². The first kappa shape index (κ1) is 15.7. The molecule has 1 aliphatic heterocycles. The summed E-state index contributed by atoms with van der Waals surface area (Å²) in [5.41, 5.74) is 1.68. The van der Waals surface area contributed by atoms with Crippen LogP contribution in [-0.4, -0.2) is 38.3 Å². The number of methoxy groups -OCH3 is 1. The Hall–Kier alpha value is -0.650. The summed E-state index contributed by atoms with van der Waals surface area (Å²) in [5, 5.41) is 6.70. The number of hydrogen-bond donors (Lipinski definition) is 1. The molecule has 0 aromatic carbocycles. The van der Waals surface area contributed by atoms with E-state index < -0.39 is 0 Å². The number of aromatic nitrogens is 1. The van der Waals surface area contributed by atoms with E-state index in [0.717, 1.165) is 38.5 Å². The molecule has 2 heterocycles. The van der Waals surface area contributed by atoms with Crippen molar-refractivity contribution in [3.05, 3.63) is 11.1 Å². The van der Waals surface area contributed by atoms with Crippen molar-refractivity contribution in [2.75, 3.05) is 38.3 Å². The smallest absolute Gasteiger partial charge is 0.185 e. The summed E-state index contributed by atoms with van der Waals surface area (Å²) in [7, 11) is 1.73. The van der Waals surface area contributed by atoms with Crippen LogP contribution >= 0.6 is 11.3 Å². The lowest BCUT2D eigenvalue weighted by Crippen LogP contribution is -2.38. The number of nitrogens with one attached hydrogen (secondary N) is 1. The summed E-state index contributed by atoms with van der Waals surface area (Å²) in [4.78, 5) is 7.19. The van der Waals surface area contributed by atoms with Crippen molar-refractivity contribution in [2.45, 2.75) is 39.7 Å². The second kappa shape index (κ2) is 7.38. The second-order valence-corrected chi connectivity index (χ2v) is 6.78. The second-order valence-electron chi connectivity index (χ2n) is 5.94. The van der Waals surface area contributed by atoms with Gasteiger partial charge in [-0.05, 0) is 18.3 Å².